The quantitative estimate of drug-likeness (QED) is 0.335. The number of hydrogen-bond donors (Lipinski definition) is 3. The van der Waals surface area contributed by atoms with Crippen LogP contribution in [0.4, 0.5) is 11.8 Å². The minimum atomic E-state index is 0.228. The average Bonchev–Trinajstić information content (AvgIpc) is 3.57. The van der Waals surface area contributed by atoms with E-state index in [1.807, 2.05) is 4.68 Å². The van der Waals surface area contributed by atoms with Crippen LogP contribution in [0.5, 0.6) is 5.75 Å². The van der Waals surface area contributed by atoms with E-state index in [2.05, 4.69) is 51.8 Å². The molecule has 10 heteroatoms. The number of nitrogens with one attached hydrogen (secondary N) is 2. The van der Waals surface area contributed by atoms with Crippen LogP contribution in [0.1, 0.15) is 49.4 Å². The minimum Gasteiger partial charge on any atom is -0.496 e. The van der Waals surface area contributed by atoms with Gasteiger partial charge in [-0.25, -0.2) is 4.98 Å². The molecule has 0 atom stereocenters. The van der Waals surface area contributed by atoms with Crippen molar-refractivity contribution in [2.75, 3.05) is 51.1 Å². The lowest BCUT2D eigenvalue weighted by Gasteiger charge is -2.23. The number of anilines is 2. The van der Waals surface area contributed by atoms with Crippen LogP contribution in [0, 0.1) is 0 Å². The second-order valence-corrected chi connectivity index (χ2v) is 9.57. The predicted octanol–water partition coefficient (Wildman–Crippen LogP) is 3.36. The number of rotatable bonds is 11. The lowest BCUT2D eigenvalue weighted by Crippen LogP contribution is -2.34. The maximum Gasteiger partial charge on any atom is 0.222 e. The first-order valence-electron chi connectivity index (χ1n) is 13.2. The van der Waals surface area contributed by atoms with Gasteiger partial charge in [-0.3, -0.25) is 4.68 Å². The summed E-state index contributed by atoms with van der Waals surface area (Å²) >= 11 is 0. The Morgan fingerprint density at radius 3 is 2.81 bits per heavy atom. The summed E-state index contributed by atoms with van der Waals surface area (Å²) in [5.41, 5.74) is 11.7. The molecule has 2 aliphatic heterocycles. The van der Waals surface area contributed by atoms with Crippen molar-refractivity contribution < 1.29 is 14.2 Å². The number of ether oxygens (including phenoxy) is 3. The topological polar surface area (TPSA) is 121 Å². The number of hydrogen-bond acceptors (Lipinski definition) is 9. The molecule has 0 spiro atoms. The highest BCUT2D eigenvalue weighted by Gasteiger charge is 2.23. The normalized spacial score (nSPS) is 16.3. The van der Waals surface area contributed by atoms with Gasteiger partial charge in [0.25, 0.3) is 0 Å². The molecule has 4 N–H and O–H groups in total. The van der Waals surface area contributed by atoms with Crippen LogP contribution in [0.25, 0.3) is 16.6 Å². The molecule has 0 unspecified atom stereocenters. The fourth-order valence-corrected chi connectivity index (χ4v) is 4.84. The lowest BCUT2D eigenvalue weighted by atomic mass is 10.1. The van der Waals surface area contributed by atoms with Gasteiger partial charge in [0.1, 0.15) is 22.5 Å². The van der Waals surface area contributed by atoms with Crippen LogP contribution in [-0.2, 0) is 22.6 Å². The van der Waals surface area contributed by atoms with Crippen molar-refractivity contribution in [2.24, 2.45) is 0 Å². The Hall–Kier alpha value is -3.21. The number of benzene rings is 1. The summed E-state index contributed by atoms with van der Waals surface area (Å²) < 4.78 is 18.8. The monoisotopic (exact) mass is 507 g/mol. The van der Waals surface area contributed by atoms with E-state index in [1.165, 1.54) is 5.56 Å². The van der Waals surface area contributed by atoms with Crippen molar-refractivity contribution >= 4 is 28.4 Å². The Labute approximate surface area is 217 Å². The highest BCUT2D eigenvalue weighted by atomic mass is 16.5. The summed E-state index contributed by atoms with van der Waals surface area (Å²) in [6, 6.07) is 6.87. The molecule has 3 aromatic rings. The number of nitrogens with two attached hydrogens (primary N) is 1. The molecule has 10 nitrogen and oxygen atoms in total. The summed E-state index contributed by atoms with van der Waals surface area (Å²) in [6.45, 7) is 7.00. The van der Waals surface area contributed by atoms with Gasteiger partial charge < -0.3 is 30.6 Å². The van der Waals surface area contributed by atoms with Gasteiger partial charge in [0.05, 0.1) is 26.9 Å². The van der Waals surface area contributed by atoms with Gasteiger partial charge in [-0.05, 0) is 30.9 Å². The van der Waals surface area contributed by atoms with E-state index < -0.39 is 0 Å². The van der Waals surface area contributed by atoms with Crippen molar-refractivity contribution in [1.29, 1.82) is 0 Å². The third kappa shape index (κ3) is 5.87. The van der Waals surface area contributed by atoms with Crippen molar-refractivity contribution in [3.63, 3.8) is 0 Å². The summed E-state index contributed by atoms with van der Waals surface area (Å²) in [6.07, 6.45) is 6.26. The van der Waals surface area contributed by atoms with E-state index in [1.54, 1.807) is 7.11 Å². The Morgan fingerprint density at radius 2 is 2.05 bits per heavy atom. The Balaban J connectivity index is 1.45. The molecule has 1 fully saturated rings. The van der Waals surface area contributed by atoms with E-state index in [4.69, 9.17) is 25.0 Å². The van der Waals surface area contributed by atoms with E-state index >= 15 is 0 Å². The summed E-state index contributed by atoms with van der Waals surface area (Å²) in [5.74, 6) is 1.76. The number of nitrogens with zero attached hydrogens (tertiary/aromatic N) is 4. The SMILES string of the molecule is CCCCNc1nc(N)nc2c(C3=CCOC3)nn(Cc3ccc(CNC4CCOCC4)cc3OC)c12. The number of unbranched alkanes of at least 4 members (excludes halogenated alkanes) is 1. The van der Waals surface area contributed by atoms with Crippen molar-refractivity contribution in [1.82, 2.24) is 25.1 Å². The fraction of sp³-hybridized carbons (Fsp3) is 0.519. The highest BCUT2D eigenvalue weighted by molar-refractivity contribution is 5.95. The van der Waals surface area contributed by atoms with E-state index in [9.17, 15) is 0 Å². The minimum absolute atomic E-state index is 0.228. The molecule has 2 aliphatic rings. The predicted molar refractivity (Wildman–Crippen MR) is 145 cm³/mol. The van der Waals surface area contributed by atoms with Gasteiger partial charge in [0.2, 0.25) is 5.95 Å². The third-order valence-corrected chi connectivity index (χ3v) is 6.92. The molecule has 5 rings (SSSR count). The maximum absolute atomic E-state index is 6.12. The van der Waals surface area contributed by atoms with Crippen molar-refractivity contribution in [3.8, 4) is 5.75 Å². The zero-order chi connectivity index (χ0) is 25.6. The van der Waals surface area contributed by atoms with Crippen LogP contribution in [0.2, 0.25) is 0 Å². The van der Waals surface area contributed by atoms with Gasteiger partial charge in [-0.15, -0.1) is 0 Å². The smallest absolute Gasteiger partial charge is 0.222 e. The van der Waals surface area contributed by atoms with E-state index in [-0.39, 0.29) is 5.95 Å². The zero-order valence-electron chi connectivity index (χ0n) is 21.8. The molecule has 198 valence electrons. The van der Waals surface area contributed by atoms with Crippen molar-refractivity contribution in [2.45, 2.75) is 51.7 Å². The highest BCUT2D eigenvalue weighted by Crippen LogP contribution is 2.32. The molecule has 0 aliphatic carbocycles. The van der Waals surface area contributed by atoms with Crippen LogP contribution in [-0.4, -0.2) is 65.9 Å². The molecular formula is C27H37N7O3. The number of methoxy groups -OCH3 is 1. The molecule has 1 saturated heterocycles. The molecule has 0 saturated carbocycles. The third-order valence-electron chi connectivity index (χ3n) is 6.92. The van der Waals surface area contributed by atoms with Gasteiger partial charge in [0, 0.05) is 43.5 Å². The van der Waals surface area contributed by atoms with Crippen LogP contribution in [0.15, 0.2) is 24.3 Å². The molecule has 0 amide bonds. The molecule has 2 aromatic heterocycles. The first-order valence-corrected chi connectivity index (χ1v) is 13.2. The van der Waals surface area contributed by atoms with Crippen LogP contribution < -0.4 is 21.1 Å². The van der Waals surface area contributed by atoms with E-state index in [0.717, 1.165) is 85.6 Å². The van der Waals surface area contributed by atoms with Crippen LogP contribution >= 0.6 is 0 Å². The van der Waals surface area contributed by atoms with Gasteiger partial charge in [-0.2, -0.15) is 10.1 Å². The Kier molecular flexibility index (Phi) is 8.18. The Morgan fingerprint density at radius 1 is 1.19 bits per heavy atom. The maximum atomic E-state index is 6.12. The average molecular weight is 508 g/mol. The number of aromatic nitrogens is 4. The molecule has 0 radical (unpaired) electrons. The molecule has 37 heavy (non-hydrogen) atoms. The number of nitrogen functional groups attached to an aromatic ring is 1. The number of fused-ring (bicyclic) bond motifs is 1. The second kappa shape index (κ2) is 11.9. The van der Waals surface area contributed by atoms with Crippen molar-refractivity contribution in [3.05, 3.63) is 41.1 Å². The van der Waals surface area contributed by atoms with Crippen LogP contribution in [0.3, 0.4) is 0 Å². The van der Waals surface area contributed by atoms with E-state index in [0.29, 0.717) is 31.6 Å². The summed E-state index contributed by atoms with van der Waals surface area (Å²) in [7, 11) is 1.71. The lowest BCUT2D eigenvalue weighted by molar-refractivity contribution is 0.0776. The molecule has 4 heterocycles. The summed E-state index contributed by atoms with van der Waals surface area (Å²) in [5, 5.41) is 12.1. The molecular weight excluding hydrogens is 470 g/mol. The first-order chi connectivity index (χ1) is 18.2. The second-order valence-electron chi connectivity index (χ2n) is 9.57. The van der Waals surface area contributed by atoms with Gasteiger partial charge >= 0.3 is 0 Å². The fourth-order valence-electron chi connectivity index (χ4n) is 4.84. The molecule has 1 aromatic carbocycles. The van der Waals surface area contributed by atoms with Gasteiger partial charge in [-0.1, -0.05) is 31.6 Å². The standard InChI is InChI=1S/C27H37N7O3/c1-3-4-10-29-26-25-24(31-27(28)32-26)23(20-7-11-37-17-20)33-34(25)16-19-6-5-18(14-22(19)35-2)15-30-21-8-12-36-13-9-21/h5-7,14,21,30H,3-4,8-13,15-17H2,1-2H3,(H3,28,29,31,32). The zero-order valence-corrected chi connectivity index (χ0v) is 21.8. The first kappa shape index (κ1) is 25.4. The Bertz CT molecular complexity index is 1250. The van der Waals surface area contributed by atoms with Gasteiger partial charge in [0.15, 0.2) is 5.82 Å². The molecule has 0 bridgehead atoms. The summed E-state index contributed by atoms with van der Waals surface area (Å²) in [4.78, 5) is 9.13. The largest absolute Gasteiger partial charge is 0.496 e.